The number of amides is 1. The number of methoxy groups -OCH3 is 2. The number of rotatable bonds is 7. The molecule has 2 aromatic carbocycles. The molecule has 0 aliphatic carbocycles. The van der Waals surface area contributed by atoms with E-state index in [1.807, 2.05) is 23.1 Å². The lowest BCUT2D eigenvalue weighted by atomic mass is 10.1. The summed E-state index contributed by atoms with van der Waals surface area (Å²) in [6, 6.07) is 11.6. The van der Waals surface area contributed by atoms with E-state index in [4.69, 9.17) is 14.0 Å². The van der Waals surface area contributed by atoms with Gasteiger partial charge in [0.1, 0.15) is 5.82 Å². The molecule has 1 aliphatic rings. The lowest BCUT2D eigenvalue weighted by Crippen LogP contribution is -2.27. The van der Waals surface area contributed by atoms with Crippen LogP contribution in [0.15, 0.2) is 47.0 Å². The number of benzene rings is 2. The monoisotopic (exact) mass is 411 g/mol. The average Bonchev–Trinajstić information content (AvgIpc) is 3.39. The van der Waals surface area contributed by atoms with Crippen molar-refractivity contribution in [2.24, 2.45) is 0 Å². The van der Waals surface area contributed by atoms with Crippen molar-refractivity contribution in [1.82, 2.24) is 15.0 Å². The van der Waals surface area contributed by atoms with Gasteiger partial charge >= 0.3 is 0 Å². The van der Waals surface area contributed by atoms with Crippen molar-refractivity contribution in [3.63, 3.8) is 0 Å². The molecule has 4 rings (SSSR count). The van der Waals surface area contributed by atoms with Gasteiger partial charge < -0.3 is 18.9 Å². The van der Waals surface area contributed by atoms with Gasteiger partial charge in [-0.2, -0.15) is 4.98 Å². The van der Waals surface area contributed by atoms with Gasteiger partial charge in [0.15, 0.2) is 17.3 Å². The van der Waals surface area contributed by atoms with Crippen molar-refractivity contribution < 1.29 is 23.2 Å². The molecule has 7 nitrogen and oxygen atoms in total. The number of carbonyl (C=O) groups excluding carboxylic acids is 1. The van der Waals surface area contributed by atoms with Crippen molar-refractivity contribution in [3.05, 3.63) is 59.7 Å². The molecule has 3 aromatic rings. The normalized spacial score (nSPS) is 16.2. The summed E-state index contributed by atoms with van der Waals surface area (Å²) < 4.78 is 29.0. The third kappa shape index (κ3) is 4.12. The first-order valence-electron chi connectivity index (χ1n) is 9.65. The summed E-state index contributed by atoms with van der Waals surface area (Å²) in [5, 5.41) is 4.04. The van der Waals surface area contributed by atoms with Crippen molar-refractivity contribution in [2.75, 3.05) is 27.3 Å². The van der Waals surface area contributed by atoms with Gasteiger partial charge in [0.2, 0.25) is 5.91 Å². The van der Waals surface area contributed by atoms with E-state index >= 15 is 0 Å². The first-order valence-corrected chi connectivity index (χ1v) is 9.65. The maximum atomic E-state index is 13.1. The first-order chi connectivity index (χ1) is 14.6. The molecule has 0 saturated carbocycles. The van der Waals surface area contributed by atoms with E-state index in [0.29, 0.717) is 54.7 Å². The molecule has 1 aliphatic heterocycles. The van der Waals surface area contributed by atoms with Gasteiger partial charge in [-0.15, -0.1) is 0 Å². The SMILES string of the molecule is COc1ccc(CCN2CC(c3noc(-c4ccc(F)cc4)n3)CC2=O)cc1OC. The van der Waals surface area contributed by atoms with Crippen molar-refractivity contribution >= 4 is 5.91 Å². The Morgan fingerprint density at radius 3 is 2.63 bits per heavy atom. The maximum absolute atomic E-state index is 13.1. The Bertz CT molecular complexity index is 1040. The Balaban J connectivity index is 1.39. The van der Waals surface area contributed by atoms with E-state index in [1.54, 1.807) is 26.4 Å². The molecule has 1 aromatic heterocycles. The quantitative estimate of drug-likeness (QED) is 0.593. The minimum absolute atomic E-state index is 0.0635. The molecule has 1 unspecified atom stereocenters. The highest BCUT2D eigenvalue weighted by Gasteiger charge is 2.33. The molecule has 1 fully saturated rings. The third-order valence-electron chi connectivity index (χ3n) is 5.23. The summed E-state index contributed by atoms with van der Waals surface area (Å²) in [5.41, 5.74) is 1.70. The Morgan fingerprint density at radius 2 is 1.90 bits per heavy atom. The molecule has 8 heteroatoms. The lowest BCUT2D eigenvalue weighted by molar-refractivity contribution is -0.127. The van der Waals surface area contributed by atoms with Crippen LogP contribution in [-0.4, -0.2) is 48.3 Å². The highest BCUT2D eigenvalue weighted by molar-refractivity contribution is 5.79. The molecule has 0 bridgehead atoms. The molecule has 1 saturated heterocycles. The summed E-state index contributed by atoms with van der Waals surface area (Å²) in [5.74, 6) is 1.77. The van der Waals surface area contributed by atoms with Crippen LogP contribution in [0.3, 0.4) is 0 Å². The second kappa shape index (κ2) is 8.52. The predicted octanol–water partition coefficient (Wildman–Crippen LogP) is 3.45. The zero-order chi connectivity index (χ0) is 21.1. The molecule has 0 N–H and O–H groups in total. The minimum Gasteiger partial charge on any atom is -0.493 e. The Labute approximate surface area is 173 Å². The van der Waals surface area contributed by atoms with Crippen LogP contribution in [0, 0.1) is 5.82 Å². The zero-order valence-electron chi connectivity index (χ0n) is 16.8. The molecule has 30 heavy (non-hydrogen) atoms. The van der Waals surface area contributed by atoms with Crippen LogP contribution >= 0.6 is 0 Å². The van der Waals surface area contributed by atoms with Crippen LogP contribution in [0.5, 0.6) is 11.5 Å². The van der Waals surface area contributed by atoms with Crippen LogP contribution in [0.2, 0.25) is 0 Å². The van der Waals surface area contributed by atoms with Crippen LogP contribution in [0.1, 0.15) is 23.7 Å². The second-order valence-electron chi connectivity index (χ2n) is 7.14. The standard InChI is InChI=1S/C22H22FN3O4/c1-28-18-8-3-14(11-19(18)29-2)9-10-26-13-16(12-20(26)27)21-24-22(30-25-21)15-4-6-17(23)7-5-15/h3-8,11,16H,9-10,12-13H2,1-2H3. The summed E-state index contributed by atoms with van der Waals surface area (Å²) in [4.78, 5) is 18.7. The molecular formula is C22H22FN3O4. The van der Waals surface area contributed by atoms with Crippen LogP contribution in [-0.2, 0) is 11.2 Å². The number of likely N-dealkylation sites (tertiary alicyclic amines) is 1. The summed E-state index contributed by atoms with van der Waals surface area (Å²) >= 11 is 0. The average molecular weight is 411 g/mol. The van der Waals surface area contributed by atoms with E-state index in [2.05, 4.69) is 10.1 Å². The van der Waals surface area contributed by atoms with Gasteiger partial charge in [0.05, 0.1) is 14.2 Å². The highest BCUT2D eigenvalue weighted by atomic mass is 19.1. The first kappa shape index (κ1) is 19.9. The molecule has 2 heterocycles. The number of hydrogen-bond donors (Lipinski definition) is 0. The lowest BCUT2D eigenvalue weighted by Gasteiger charge is -2.16. The van der Waals surface area contributed by atoms with Gasteiger partial charge in [-0.3, -0.25) is 4.79 Å². The number of ether oxygens (including phenoxy) is 2. The molecule has 1 amide bonds. The topological polar surface area (TPSA) is 77.7 Å². The fourth-order valence-corrected chi connectivity index (χ4v) is 3.57. The fourth-order valence-electron chi connectivity index (χ4n) is 3.57. The van der Waals surface area contributed by atoms with Gasteiger partial charge in [0, 0.05) is 31.0 Å². The van der Waals surface area contributed by atoms with Gasteiger partial charge in [-0.1, -0.05) is 11.2 Å². The van der Waals surface area contributed by atoms with Crippen LogP contribution in [0.25, 0.3) is 11.5 Å². The Hall–Kier alpha value is -3.42. The summed E-state index contributed by atoms with van der Waals surface area (Å²) in [6.07, 6.45) is 1.04. The van der Waals surface area contributed by atoms with E-state index in [0.717, 1.165) is 5.56 Å². The molecule has 1 atom stereocenters. The van der Waals surface area contributed by atoms with Crippen molar-refractivity contribution in [2.45, 2.75) is 18.8 Å². The summed E-state index contributed by atoms with van der Waals surface area (Å²) in [6.45, 7) is 1.13. The van der Waals surface area contributed by atoms with E-state index in [-0.39, 0.29) is 17.6 Å². The summed E-state index contributed by atoms with van der Waals surface area (Å²) in [7, 11) is 3.20. The molecule has 156 valence electrons. The minimum atomic E-state index is -0.329. The van der Waals surface area contributed by atoms with Gasteiger partial charge in [0.25, 0.3) is 5.89 Å². The highest BCUT2D eigenvalue weighted by Crippen LogP contribution is 2.30. The number of carbonyl (C=O) groups is 1. The second-order valence-corrected chi connectivity index (χ2v) is 7.14. The number of hydrogen-bond acceptors (Lipinski definition) is 6. The Morgan fingerprint density at radius 1 is 1.13 bits per heavy atom. The Kier molecular flexibility index (Phi) is 5.65. The predicted molar refractivity (Wildman–Crippen MR) is 107 cm³/mol. The van der Waals surface area contributed by atoms with Crippen molar-refractivity contribution in [1.29, 1.82) is 0 Å². The largest absolute Gasteiger partial charge is 0.493 e. The number of aromatic nitrogens is 2. The number of nitrogens with zero attached hydrogens (tertiary/aromatic N) is 3. The number of halogens is 1. The van der Waals surface area contributed by atoms with Gasteiger partial charge in [-0.25, -0.2) is 4.39 Å². The smallest absolute Gasteiger partial charge is 0.257 e. The molecule has 0 radical (unpaired) electrons. The fraction of sp³-hybridized carbons (Fsp3) is 0.318. The van der Waals surface area contributed by atoms with Crippen LogP contribution in [0.4, 0.5) is 4.39 Å². The maximum Gasteiger partial charge on any atom is 0.257 e. The third-order valence-corrected chi connectivity index (χ3v) is 5.23. The van der Waals surface area contributed by atoms with E-state index in [9.17, 15) is 9.18 Å². The zero-order valence-corrected chi connectivity index (χ0v) is 16.8. The van der Waals surface area contributed by atoms with E-state index in [1.165, 1.54) is 12.1 Å². The van der Waals surface area contributed by atoms with Crippen molar-refractivity contribution in [3.8, 4) is 23.0 Å². The van der Waals surface area contributed by atoms with Gasteiger partial charge in [-0.05, 0) is 48.4 Å². The molecular weight excluding hydrogens is 389 g/mol. The van der Waals surface area contributed by atoms with E-state index < -0.39 is 0 Å². The molecule has 0 spiro atoms. The van der Waals surface area contributed by atoms with Crippen LogP contribution < -0.4 is 9.47 Å².